The molecule has 0 unspecified atom stereocenters. The smallest absolute Gasteiger partial charge is 0.223 e. The highest BCUT2D eigenvalue weighted by Gasteiger charge is 2.36. The molecule has 0 bridgehead atoms. The number of hydrogen-bond donors (Lipinski definition) is 0. The summed E-state index contributed by atoms with van der Waals surface area (Å²) in [6, 6.07) is 29.5. The molecule has 1 aliphatic rings. The van der Waals surface area contributed by atoms with E-state index in [1.807, 2.05) is 24.3 Å². The summed E-state index contributed by atoms with van der Waals surface area (Å²) in [6.07, 6.45) is 1.47. The third-order valence-electron chi connectivity index (χ3n) is 6.05. The number of aromatic nitrogens is 1. The number of rotatable bonds is 4. The number of carbonyl (C=O) groups excluding carboxylic acids is 1. The minimum Gasteiger partial charge on any atom is -0.343 e. The number of aryl methyl sites for hydroxylation is 1. The van der Waals surface area contributed by atoms with E-state index in [0.29, 0.717) is 13.0 Å². The van der Waals surface area contributed by atoms with E-state index >= 15 is 0 Å². The number of likely N-dealkylation sites (tertiary alicyclic amines) is 1. The van der Waals surface area contributed by atoms with Crippen LogP contribution >= 0.6 is 0 Å². The Bertz CT molecular complexity index is 1160. The summed E-state index contributed by atoms with van der Waals surface area (Å²) in [5.74, 6) is 0.241. The van der Waals surface area contributed by atoms with Gasteiger partial charge in [-0.15, -0.1) is 0 Å². The molecule has 0 aliphatic carbocycles. The van der Waals surface area contributed by atoms with Crippen molar-refractivity contribution in [3.8, 4) is 11.3 Å². The van der Waals surface area contributed by atoms with Gasteiger partial charge in [-0.1, -0.05) is 78.9 Å². The summed E-state index contributed by atoms with van der Waals surface area (Å²) in [6.45, 7) is 0.655. The average Bonchev–Trinajstić information content (AvgIpc) is 3.27. The fraction of sp³-hybridized carbons (Fsp3) is 0.192. The van der Waals surface area contributed by atoms with E-state index in [-0.39, 0.29) is 11.9 Å². The zero-order valence-electron chi connectivity index (χ0n) is 16.6. The number of carbonyl (C=O) groups is 1. The van der Waals surface area contributed by atoms with Crippen LogP contribution in [0.5, 0.6) is 0 Å². The summed E-state index contributed by atoms with van der Waals surface area (Å²) in [5.41, 5.74) is 6.07. The molecule has 0 saturated carbocycles. The first kappa shape index (κ1) is 17.7. The Hall–Kier alpha value is -3.33. The van der Waals surface area contributed by atoms with Gasteiger partial charge in [-0.2, -0.15) is 0 Å². The molecule has 1 amide bonds. The van der Waals surface area contributed by atoms with Crippen molar-refractivity contribution in [3.63, 3.8) is 0 Å². The lowest BCUT2D eigenvalue weighted by Crippen LogP contribution is -2.27. The number of fused-ring (bicyclic) bond motifs is 1. The predicted molar refractivity (Wildman–Crippen MR) is 117 cm³/mol. The van der Waals surface area contributed by atoms with Gasteiger partial charge in [-0.3, -0.25) is 4.79 Å². The third kappa shape index (κ3) is 3.03. The van der Waals surface area contributed by atoms with Crippen molar-refractivity contribution in [3.05, 3.63) is 96.1 Å². The molecule has 3 heteroatoms. The summed E-state index contributed by atoms with van der Waals surface area (Å²) in [4.78, 5) is 14.9. The Morgan fingerprint density at radius 2 is 1.52 bits per heavy atom. The summed E-state index contributed by atoms with van der Waals surface area (Å²) < 4.78 is 2.28. The highest BCUT2D eigenvalue weighted by atomic mass is 16.2. The second kappa shape index (κ2) is 7.25. The molecule has 0 spiro atoms. The Morgan fingerprint density at radius 1 is 0.862 bits per heavy atom. The standard InChI is InChI=1S/C26H24N2O/c1-27-22-15-9-8-14-21(22)25(26(27)20-12-6-3-7-13-20)23-16-17-24(29)28(23)18-19-10-4-2-5-11-19/h2-15,23H,16-18H2,1H3/t23-/m0/s1. The van der Waals surface area contributed by atoms with Crippen molar-refractivity contribution in [1.82, 2.24) is 9.47 Å². The molecule has 2 heterocycles. The molecule has 1 aliphatic heterocycles. The lowest BCUT2D eigenvalue weighted by Gasteiger charge is -2.26. The van der Waals surface area contributed by atoms with E-state index in [2.05, 4.69) is 77.2 Å². The second-order valence-electron chi connectivity index (χ2n) is 7.77. The normalized spacial score (nSPS) is 16.7. The zero-order chi connectivity index (χ0) is 19.8. The molecular formula is C26H24N2O. The molecule has 29 heavy (non-hydrogen) atoms. The lowest BCUT2D eigenvalue weighted by molar-refractivity contribution is -0.129. The van der Waals surface area contributed by atoms with Gasteiger partial charge >= 0.3 is 0 Å². The fourth-order valence-corrected chi connectivity index (χ4v) is 4.72. The van der Waals surface area contributed by atoms with Crippen LogP contribution in [0.15, 0.2) is 84.9 Å². The largest absolute Gasteiger partial charge is 0.343 e. The maximum atomic E-state index is 12.9. The van der Waals surface area contributed by atoms with Gasteiger partial charge in [-0.25, -0.2) is 0 Å². The Kier molecular flexibility index (Phi) is 4.44. The van der Waals surface area contributed by atoms with Gasteiger partial charge in [0.1, 0.15) is 0 Å². The molecule has 1 saturated heterocycles. The molecule has 3 aromatic carbocycles. The van der Waals surface area contributed by atoms with Gasteiger partial charge in [0.05, 0.1) is 11.7 Å². The highest BCUT2D eigenvalue weighted by molar-refractivity contribution is 5.93. The van der Waals surface area contributed by atoms with Crippen LogP contribution in [-0.4, -0.2) is 15.4 Å². The van der Waals surface area contributed by atoms with Crippen molar-refractivity contribution >= 4 is 16.8 Å². The minimum atomic E-state index is 0.0870. The minimum absolute atomic E-state index is 0.0870. The van der Waals surface area contributed by atoms with Crippen LogP contribution in [0.3, 0.4) is 0 Å². The summed E-state index contributed by atoms with van der Waals surface area (Å²) >= 11 is 0. The molecule has 0 N–H and O–H groups in total. The lowest BCUT2D eigenvalue weighted by atomic mass is 9.97. The van der Waals surface area contributed by atoms with Crippen LogP contribution in [0.1, 0.15) is 30.0 Å². The van der Waals surface area contributed by atoms with Crippen LogP contribution in [0.4, 0.5) is 0 Å². The first-order chi connectivity index (χ1) is 14.2. The van der Waals surface area contributed by atoms with Crippen LogP contribution in [0.25, 0.3) is 22.2 Å². The number of amides is 1. The fourth-order valence-electron chi connectivity index (χ4n) is 4.72. The molecule has 5 rings (SSSR count). The van der Waals surface area contributed by atoms with Gasteiger partial charge in [0.25, 0.3) is 0 Å². The van der Waals surface area contributed by atoms with Crippen LogP contribution < -0.4 is 0 Å². The van der Waals surface area contributed by atoms with Gasteiger partial charge < -0.3 is 9.47 Å². The van der Waals surface area contributed by atoms with Crippen molar-refractivity contribution in [2.75, 3.05) is 0 Å². The number of hydrogen-bond acceptors (Lipinski definition) is 1. The molecule has 1 atom stereocenters. The number of benzene rings is 3. The first-order valence-electron chi connectivity index (χ1n) is 10.2. The Labute approximate surface area is 171 Å². The van der Waals surface area contributed by atoms with E-state index in [4.69, 9.17) is 0 Å². The molecule has 4 aromatic rings. The first-order valence-corrected chi connectivity index (χ1v) is 10.2. The molecule has 144 valence electrons. The van der Waals surface area contributed by atoms with Crippen LogP contribution in [0, 0.1) is 0 Å². The van der Waals surface area contributed by atoms with Gasteiger partial charge in [0.15, 0.2) is 0 Å². The summed E-state index contributed by atoms with van der Waals surface area (Å²) in [5, 5.41) is 1.24. The maximum absolute atomic E-state index is 12.9. The van der Waals surface area contributed by atoms with E-state index < -0.39 is 0 Å². The molecule has 0 radical (unpaired) electrons. The van der Waals surface area contributed by atoms with Crippen molar-refractivity contribution in [2.45, 2.75) is 25.4 Å². The van der Waals surface area contributed by atoms with E-state index in [0.717, 1.165) is 6.42 Å². The molecular weight excluding hydrogens is 356 g/mol. The van der Waals surface area contributed by atoms with Crippen molar-refractivity contribution < 1.29 is 4.79 Å². The maximum Gasteiger partial charge on any atom is 0.223 e. The number of para-hydroxylation sites is 1. The van der Waals surface area contributed by atoms with E-state index in [1.54, 1.807) is 0 Å². The average molecular weight is 380 g/mol. The number of nitrogens with zero attached hydrogens (tertiary/aromatic N) is 2. The van der Waals surface area contributed by atoms with Crippen LogP contribution in [0.2, 0.25) is 0 Å². The van der Waals surface area contributed by atoms with Crippen molar-refractivity contribution in [2.24, 2.45) is 7.05 Å². The monoisotopic (exact) mass is 380 g/mol. The Balaban J connectivity index is 1.68. The summed E-state index contributed by atoms with van der Waals surface area (Å²) in [7, 11) is 2.13. The van der Waals surface area contributed by atoms with E-state index in [9.17, 15) is 4.79 Å². The van der Waals surface area contributed by atoms with Gasteiger partial charge in [0.2, 0.25) is 5.91 Å². The molecule has 1 aromatic heterocycles. The molecule has 3 nitrogen and oxygen atoms in total. The van der Waals surface area contributed by atoms with E-state index in [1.165, 1.54) is 33.3 Å². The predicted octanol–water partition coefficient (Wildman–Crippen LogP) is 5.71. The molecule has 1 fully saturated rings. The topological polar surface area (TPSA) is 25.2 Å². The third-order valence-corrected chi connectivity index (χ3v) is 6.05. The van der Waals surface area contributed by atoms with Crippen molar-refractivity contribution in [1.29, 1.82) is 0 Å². The SMILES string of the molecule is Cn1c(-c2ccccc2)c([C@@H]2CCC(=O)N2Cc2ccccc2)c2ccccc21. The highest BCUT2D eigenvalue weighted by Crippen LogP contribution is 2.44. The van der Waals surface area contributed by atoms with Gasteiger partial charge in [0, 0.05) is 36.5 Å². The quantitative estimate of drug-likeness (QED) is 0.445. The second-order valence-corrected chi connectivity index (χ2v) is 7.77. The zero-order valence-corrected chi connectivity index (χ0v) is 16.6. The Morgan fingerprint density at radius 3 is 2.28 bits per heavy atom. The van der Waals surface area contributed by atoms with Gasteiger partial charge in [-0.05, 0) is 23.6 Å². The van der Waals surface area contributed by atoms with Crippen LogP contribution in [-0.2, 0) is 18.4 Å².